The quantitative estimate of drug-likeness (QED) is 0.265. The third-order valence-electron chi connectivity index (χ3n) is 3.96. The molecular formula is C20H16Br2N2O4. The molecule has 8 heteroatoms. The SMILES string of the molecule is C/C(=N/NC(=O)COc1ccc2cc(Br)ccc2c1Br)c1cc(O)ccc1O. The Kier molecular flexibility index (Phi) is 6.21. The van der Waals surface area contributed by atoms with E-state index in [4.69, 9.17) is 4.74 Å². The average Bonchev–Trinajstić information content (AvgIpc) is 2.67. The zero-order valence-electron chi connectivity index (χ0n) is 14.7. The zero-order chi connectivity index (χ0) is 20.3. The average molecular weight is 508 g/mol. The molecule has 144 valence electrons. The summed E-state index contributed by atoms with van der Waals surface area (Å²) < 4.78 is 7.33. The molecule has 3 N–H and O–H groups in total. The number of benzene rings is 3. The van der Waals surface area contributed by atoms with Gasteiger partial charge >= 0.3 is 0 Å². The molecule has 28 heavy (non-hydrogen) atoms. The Labute approximate surface area is 178 Å². The van der Waals surface area contributed by atoms with Gasteiger partial charge in [-0.05, 0) is 70.0 Å². The number of hydrogen-bond acceptors (Lipinski definition) is 5. The van der Waals surface area contributed by atoms with Crippen LogP contribution in [0.25, 0.3) is 10.8 Å². The van der Waals surface area contributed by atoms with Crippen LogP contribution >= 0.6 is 31.9 Å². The van der Waals surface area contributed by atoms with Crippen molar-refractivity contribution < 1.29 is 19.7 Å². The summed E-state index contributed by atoms with van der Waals surface area (Å²) in [5, 5.41) is 25.3. The molecule has 0 aliphatic carbocycles. The minimum absolute atomic E-state index is 0.00908. The first-order valence-corrected chi connectivity index (χ1v) is 9.80. The Hall–Kier alpha value is -2.58. The standard InChI is InChI=1S/C20H16Br2N2O4/c1-11(16-9-14(25)4-6-17(16)26)23-24-19(27)10-28-18-7-2-12-8-13(21)3-5-15(12)20(18)22/h2-9,25-26H,10H2,1H3,(H,24,27)/b23-11-. The summed E-state index contributed by atoms with van der Waals surface area (Å²) in [7, 11) is 0. The molecule has 3 aromatic carbocycles. The van der Waals surface area contributed by atoms with E-state index in [1.165, 1.54) is 18.2 Å². The molecule has 0 aliphatic heterocycles. The van der Waals surface area contributed by atoms with E-state index in [9.17, 15) is 15.0 Å². The number of phenols is 2. The fourth-order valence-corrected chi connectivity index (χ4v) is 3.54. The summed E-state index contributed by atoms with van der Waals surface area (Å²) in [4.78, 5) is 12.0. The molecule has 0 aromatic heterocycles. The lowest BCUT2D eigenvalue weighted by atomic mass is 10.1. The molecule has 0 spiro atoms. The summed E-state index contributed by atoms with van der Waals surface area (Å²) in [5.41, 5.74) is 3.04. The highest BCUT2D eigenvalue weighted by Gasteiger charge is 2.10. The van der Waals surface area contributed by atoms with Crippen LogP contribution in [-0.4, -0.2) is 28.4 Å². The maximum atomic E-state index is 12.0. The van der Waals surface area contributed by atoms with Crippen LogP contribution in [0.2, 0.25) is 0 Å². The monoisotopic (exact) mass is 506 g/mol. The third-order valence-corrected chi connectivity index (χ3v) is 5.27. The molecule has 0 radical (unpaired) electrons. The lowest BCUT2D eigenvalue weighted by Gasteiger charge is -2.10. The third kappa shape index (κ3) is 4.63. The van der Waals surface area contributed by atoms with Crippen LogP contribution in [-0.2, 0) is 4.79 Å². The Morgan fingerprint density at radius 3 is 2.68 bits per heavy atom. The van der Waals surface area contributed by atoms with Gasteiger partial charge in [-0.3, -0.25) is 4.79 Å². The summed E-state index contributed by atoms with van der Waals surface area (Å²) in [6.45, 7) is 1.37. The molecule has 0 saturated heterocycles. The molecule has 1 amide bonds. The summed E-state index contributed by atoms with van der Waals surface area (Å²) >= 11 is 6.95. The van der Waals surface area contributed by atoms with Crippen molar-refractivity contribution in [2.45, 2.75) is 6.92 Å². The van der Waals surface area contributed by atoms with Crippen molar-refractivity contribution in [3.63, 3.8) is 0 Å². The second-order valence-electron chi connectivity index (χ2n) is 5.97. The number of nitrogens with one attached hydrogen (secondary N) is 1. The van der Waals surface area contributed by atoms with E-state index in [0.29, 0.717) is 17.0 Å². The number of nitrogens with zero attached hydrogens (tertiary/aromatic N) is 1. The van der Waals surface area contributed by atoms with E-state index in [2.05, 4.69) is 42.4 Å². The maximum Gasteiger partial charge on any atom is 0.277 e. The minimum atomic E-state index is -0.457. The lowest BCUT2D eigenvalue weighted by molar-refractivity contribution is -0.123. The van der Waals surface area contributed by atoms with Gasteiger partial charge in [0.05, 0.1) is 10.2 Å². The van der Waals surface area contributed by atoms with Gasteiger partial charge in [0.2, 0.25) is 0 Å². The van der Waals surface area contributed by atoms with Gasteiger partial charge < -0.3 is 14.9 Å². The number of halogens is 2. The van der Waals surface area contributed by atoms with Crippen molar-refractivity contribution in [1.29, 1.82) is 0 Å². The number of carbonyl (C=O) groups is 1. The molecule has 3 aromatic rings. The van der Waals surface area contributed by atoms with E-state index in [-0.39, 0.29) is 18.1 Å². The summed E-state index contributed by atoms with van der Waals surface area (Å²) in [6.07, 6.45) is 0. The van der Waals surface area contributed by atoms with E-state index < -0.39 is 5.91 Å². The van der Waals surface area contributed by atoms with Crippen LogP contribution in [0.1, 0.15) is 12.5 Å². The first kappa shape index (κ1) is 20.2. The zero-order valence-corrected chi connectivity index (χ0v) is 17.9. The molecule has 0 unspecified atom stereocenters. The van der Waals surface area contributed by atoms with Crippen molar-refractivity contribution in [3.8, 4) is 17.2 Å². The summed E-state index contributed by atoms with van der Waals surface area (Å²) in [5.74, 6) is 0.0274. The smallest absolute Gasteiger partial charge is 0.277 e. The Balaban J connectivity index is 1.66. The highest BCUT2D eigenvalue weighted by molar-refractivity contribution is 9.11. The van der Waals surface area contributed by atoms with Crippen molar-refractivity contribution in [1.82, 2.24) is 5.43 Å². The fraction of sp³-hybridized carbons (Fsp3) is 0.100. The highest BCUT2D eigenvalue weighted by Crippen LogP contribution is 2.34. The predicted molar refractivity (Wildman–Crippen MR) is 115 cm³/mol. The van der Waals surface area contributed by atoms with Crippen molar-refractivity contribution in [2.24, 2.45) is 5.10 Å². The molecule has 0 bridgehead atoms. The number of ether oxygens (including phenoxy) is 1. The van der Waals surface area contributed by atoms with Crippen molar-refractivity contribution in [3.05, 3.63) is 63.0 Å². The number of hydrogen-bond donors (Lipinski definition) is 3. The van der Waals surface area contributed by atoms with Crippen LogP contribution < -0.4 is 10.2 Å². The number of amides is 1. The van der Waals surface area contributed by atoms with E-state index >= 15 is 0 Å². The molecule has 0 aliphatic rings. The van der Waals surface area contributed by atoms with E-state index in [1.54, 1.807) is 13.0 Å². The maximum absolute atomic E-state index is 12.0. The van der Waals surface area contributed by atoms with Crippen LogP contribution in [0, 0.1) is 0 Å². The van der Waals surface area contributed by atoms with Crippen LogP contribution in [0.4, 0.5) is 0 Å². The number of rotatable bonds is 5. The van der Waals surface area contributed by atoms with Gasteiger partial charge in [0.1, 0.15) is 17.2 Å². The van der Waals surface area contributed by atoms with Gasteiger partial charge in [0, 0.05) is 10.0 Å². The minimum Gasteiger partial charge on any atom is -0.508 e. The molecule has 3 rings (SSSR count). The molecule has 0 fully saturated rings. The van der Waals surface area contributed by atoms with Gasteiger partial charge in [-0.25, -0.2) is 5.43 Å². The molecule has 6 nitrogen and oxygen atoms in total. The molecule has 0 saturated carbocycles. The molecular weight excluding hydrogens is 492 g/mol. The van der Waals surface area contributed by atoms with E-state index in [0.717, 1.165) is 19.7 Å². The largest absolute Gasteiger partial charge is 0.508 e. The number of hydrazone groups is 1. The normalized spacial score (nSPS) is 11.5. The number of fused-ring (bicyclic) bond motifs is 1. The number of aromatic hydroxyl groups is 2. The van der Waals surface area contributed by atoms with E-state index in [1.807, 2.05) is 24.3 Å². The highest BCUT2D eigenvalue weighted by atomic mass is 79.9. The van der Waals surface area contributed by atoms with Crippen molar-refractivity contribution >= 4 is 54.3 Å². The summed E-state index contributed by atoms with van der Waals surface area (Å²) in [6, 6.07) is 13.6. The number of phenolic OH excluding ortho intramolecular Hbond substituents is 2. The fourth-order valence-electron chi connectivity index (χ4n) is 2.55. The Morgan fingerprint density at radius 2 is 1.89 bits per heavy atom. The Bertz CT molecular complexity index is 1080. The second-order valence-corrected chi connectivity index (χ2v) is 7.67. The molecule has 0 atom stereocenters. The van der Waals surface area contributed by atoms with Gasteiger partial charge in [-0.1, -0.05) is 28.1 Å². The van der Waals surface area contributed by atoms with Gasteiger partial charge in [0.25, 0.3) is 5.91 Å². The van der Waals surface area contributed by atoms with Crippen LogP contribution in [0.5, 0.6) is 17.2 Å². The first-order valence-electron chi connectivity index (χ1n) is 8.21. The van der Waals surface area contributed by atoms with Gasteiger partial charge in [-0.2, -0.15) is 5.10 Å². The van der Waals surface area contributed by atoms with Crippen LogP contribution in [0.3, 0.4) is 0 Å². The van der Waals surface area contributed by atoms with Crippen LogP contribution in [0.15, 0.2) is 62.6 Å². The van der Waals surface area contributed by atoms with Gasteiger partial charge in [-0.15, -0.1) is 0 Å². The second kappa shape index (κ2) is 8.62. The molecule has 0 heterocycles. The lowest BCUT2D eigenvalue weighted by Crippen LogP contribution is -2.25. The predicted octanol–water partition coefficient (Wildman–Crippen LogP) is 4.70. The Morgan fingerprint density at radius 1 is 1.11 bits per heavy atom. The topological polar surface area (TPSA) is 91.2 Å². The first-order chi connectivity index (χ1) is 13.3. The van der Waals surface area contributed by atoms with Gasteiger partial charge in [0.15, 0.2) is 6.61 Å². The number of carbonyl (C=O) groups excluding carboxylic acids is 1. The van der Waals surface area contributed by atoms with Crippen molar-refractivity contribution in [2.75, 3.05) is 6.61 Å².